The van der Waals surface area contributed by atoms with Gasteiger partial charge >= 0.3 is 0 Å². The van der Waals surface area contributed by atoms with Gasteiger partial charge in [-0.15, -0.1) is 0 Å². The molecule has 3 aromatic carbocycles. The quantitative estimate of drug-likeness (QED) is 0.445. The van der Waals surface area contributed by atoms with E-state index in [-0.39, 0.29) is 18.4 Å². The molecule has 0 unspecified atom stereocenters. The molecule has 0 saturated carbocycles. The number of carbonyl (C=O) groups excluding carboxylic acids is 2. The fraction of sp³-hybridized carbons (Fsp3) is 0.250. The summed E-state index contributed by atoms with van der Waals surface area (Å²) in [5, 5.41) is 2.96. The molecular formula is C28H28N4O3. The number of ether oxygens (including phenoxy) is 1. The molecule has 1 aromatic heterocycles. The molecular weight excluding hydrogens is 440 g/mol. The number of methoxy groups -OCH3 is 1. The van der Waals surface area contributed by atoms with Gasteiger partial charge in [-0.25, -0.2) is 4.98 Å². The summed E-state index contributed by atoms with van der Waals surface area (Å²) in [7, 11) is 1.59. The van der Waals surface area contributed by atoms with Crippen LogP contribution in [0.5, 0.6) is 5.75 Å². The van der Waals surface area contributed by atoms with Gasteiger partial charge < -0.3 is 19.5 Å². The Morgan fingerprint density at radius 1 is 1.00 bits per heavy atom. The number of rotatable bonds is 7. The first-order chi connectivity index (χ1) is 17.1. The number of carbonyl (C=O) groups is 2. The van der Waals surface area contributed by atoms with Gasteiger partial charge in [0.1, 0.15) is 18.1 Å². The number of nitrogens with one attached hydrogen (secondary N) is 1. The maximum atomic E-state index is 13.4. The standard InChI is InChI=1S/C28H28N4O3/c1-35-22-14-12-21(13-15-22)28(34)29-17-16-26-30-23-9-3-5-11-25(23)32(26)19-27(33)31-18-6-8-20-7-2-4-10-24(20)31/h2-5,7,9-15H,6,8,16-19H2,1H3,(H,29,34). The van der Waals surface area contributed by atoms with Crippen LogP contribution in [-0.2, 0) is 24.2 Å². The van der Waals surface area contributed by atoms with Crippen molar-refractivity contribution in [2.24, 2.45) is 0 Å². The van der Waals surface area contributed by atoms with Crippen LogP contribution in [0.4, 0.5) is 5.69 Å². The molecule has 178 valence electrons. The average Bonchev–Trinajstić information content (AvgIpc) is 3.25. The molecule has 1 aliphatic rings. The van der Waals surface area contributed by atoms with Gasteiger partial charge in [0, 0.05) is 30.8 Å². The lowest BCUT2D eigenvalue weighted by Crippen LogP contribution is -2.38. The zero-order chi connectivity index (χ0) is 24.2. The summed E-state index contributed by atoms with van der Waals surface area (Å²) in [4.78, 5) is 32.7. The van der Waals surface area contributed by atoms with Gasteiger partial charge in [0.15, 0.2) is 0 Å². The van der Waals surface area contributed by atoms with Crippen molar-refractivity contribution in [3.63, 3.8) is 0 Å². The van der Waals surface area contributed by atoms with E-state index in [1.54, 1.807) is 31.4 Å². The van der Waals surface area contributed by atoms with Crippen LogP contribution in [0.1, 0.15) is 28.2 Å². The van der Waals surface area contributed by atoms with Gasteiger partial charge in [0.25, 0.3) is 5.91 Å². The maximum absolute atomic E-state index is 13.4. The fourth-order valence-electron chi connectivity index (χ4n) is 4.64. The Hall–Kier alpha value is -4.13. The predicted molar refractivity (Wildman–Crippen MR) is 136 cm³/mol. The lowest BCUT2D eigenvalue weighted by atomic mass is 10.0. The molecule has 2 heterocycles. The van der Waals surface area contributed by atoms with E-state index in [0.29, 0.717) is 24.3 Å². The minimum absolute atomic E-state index is 0.0452. The first-order valence-electron chi connectivity index (χ1n) is 11.9. The minimum atomic E-state index is -0.156. The Labute approximate surface area is 204 Å². The smallest absolute Gasteiger partial charge is 0.251 e. The number of anilines is 1. The topological polar surface area (TPSA) is 76.5 Å². The Balaban J connectivity index is 1.32. The van der Waals surface area contributed by atoms with Crippen LogP contribution in [0.2, 0.25) is 0 Å². The largest absolute Gasteiger partial charge is 0.497 e. The number of para-hydroxylation sites is 3. The summed E-state index contributed by atoms with van der Waals surface area (Å²) < 4.78 is 7.13. The molecule has 0 saturated heterocycles. The number of hydrogen-bond acceptors (Lipinski definition) is 4. The van der Waals surface area contributed by atoms with Crippen LogP contribution >= 0.6 is 0 Å². The Kier molecular flexibility index (Phi) is 6.48. The lowest BCUT2D eigenvalue weighted by Gasteiger charge is -2.29. The molecule has 1 N–H and O–H groups in total. The summed E-state index contributed by atoms with van der Waals surface area (Å²) in [5.41, 5.74) is 4.54. The molecule has 0 aliphatic carbocycles. The summed E-state index contributed by atoms with van der Waals surface area (Å²) in [6.07, 6.45) is 2.46. The van der Waals surface area contributed by atoms with Crippen molar-refractivity contribution >= 4 is 28.5 Å². The predicted octanol–water partition coefficient (Wildman–Crippen LogP) is 4.00. The third-order valence-corrected chi connectivity index (χ3v) is 6.42. The van der Waals surface area contributed by atoms with E-state index in [9.17, 15) is 9.59 Å². The highest BCUT2D eigenvalue weighted by Crippen LogP contribution is 2.27. The molecule has 7 nitrogen and oxygen atoms in total. The highest BCUT2D eigenvalue weighted by molar-refractivity contribution is 5.95. The number of fused-ring (bicyclic) bond motifs is 2. The van der Waals surface area contributed by atoms with E-state index in [1.807, 2.05) is 51.9 Å². The molecule has 0 atom stereocenters. The van der Waals surface area contributed by atoms with Crippen LogP contribution in [-0.4, -0.2) is 41.6 Å². The molecule has 7 heteroatoms. The van der Waals surface area contributed by atoms with E-state index in [2.05, 4.69) is 11.4 Å². The monoisotopic (exact) mass is 468 g/mol. The van der Waals surface area contributed by atoms with Gasteiger partial charge in [-0.2, -0.15) is 0 Å². The molecule has 0 spiro atoms. The van der Waals surface area contributed by atoms with Crippen LogP contribution in [0, 0.1) is 0 Å². The second kappa shape index (κ2) is 10.0. The van der Waals surface area contributed by atoms with Gasteiger partial charge in [-0.1, -0.05) is 30.3 Å². The average molecular weight is 469 g/mol. The number of amides is 2. The van der Waals surface area contributed by atoms with E-state index < -0.39 is 0 Å². The van der Waals surface area contributed by atoms with Gasteiger partial charge in [0.2, 0.25) is 5.91 Å². The molecule has 0 radical (unpaired) electrons. The number of aromatic nitrogens is 2. The van der Waals surface area contributed by atoms with E-state index in [4.69, 9.17) is 9.72 Å². The number of nitrogens with zero attached hydrogens (tertiary/aromatic N) is 3. The SMILES string of the molecule is COc1ccc(C(=O)NCCc2nc3ccccc3n2CC(=O)N2CCCc3ccccc32)cc1. The van der Waals surface area contributed by atoms with Crippen molar-refractivity contribution in [2.75, 3.05) is 25.1 Å². The normalized spacial score (nSPS) is 12.9. The summed E-state index contributed by atoms with van der Waals surface area (Å²) in [6, 6.07) is 22.9. The van der Waals surface area contributed by atoms with E-state index in [1.165, 1.54) is 5.56 Å². The molecule has 4 aromatic rings. The summed E-state index contributed by atoms with van der Waals surface area (Å²) >= 11 is 0. The minimum Gasteiger partial charge on any atom is -0.497 e. The highest BCUT2D eigenvalue weighted by Gasteiger charge is 2.24. The van der Waals surface area contributed by atoms with E-state index in [0.717, 1.165) is 41.9 Å². The molecule has 5 rings (SSSR count). The van der Waals surface area contributed by atoms with Crippen LogP contribution < -0.4 is 15.0 Å². The molecule has 2 amide bonds. The van der Waals surface area contributed by atoms with Crippen LogP contribution in [0.3, 0.4) is 0 Å². The molecule has 0 bridgehead atoms. The number of aryl methyl sites for hydroxylation is 1. The fourth-order valence-corrected chi connectivity index (χ4v) is 4.64. The Bertz CT molecular complexity index is 1360. The van der Waals surface area contributed by atoms with Gasteiger partial charge in [-0.3, -0.25) is 9.59 Å². The zero-order valence-electron chi connectivity index (χ0n) is 19.7. The summed E-state index contributed by atoms with van der Waals surface area (Å²) in [5.74, 6) is 1.37. The zero-order valence-corrected chi connectivity index (χ0v) is 19.7. The Morgan fingerprint density at radius 2 is 1.77 bits per heavy atom. The summed E-state index contributed by atoms with van der Waals surface area (Å²) in [6.45, 7) is 1.33. The van der Waals surface area contributed by atoms with Crippen molar-refractivity contribution in [1.29, 1.82) is 0 Å². The molecule has 0 fully saturated rings. The third-order valence-electron chi connectivity index (χ3n) is 6.42. The third kappa shape index (κ3) is 4.75. The lowest BCUT2D eigenvalue weighted by molar-refractivity contribution is -0.119. The number of hydrogen-bond donors (Lipinski definition) is 1. The van der Waals surface area contributed by atoms with Crippen molar-refractivity contribution in [1.82, 2.24) is 14.9 Å². The van der Waals surface area contributed by atoms with Gasteiger partial charge in [-0.05, 0) is 60.9 Å². The van der Waals surface area contributed by atoms with Crippen LogP contribution in [0.15, 0.2) is 72.8 Å². The molecule has 35 heavy (non-hydrogen) atoms. The van der Waals surface area contributed by atoms with Crippen LogP contribution in [0.25, 0.3) is 11.0 Å². The van der Waals surface area contributed by atoms with E-state index >= 15 is 0 Å². The Morgan fingerprint density at radius 3 is 2.60 bits per heavy atom. The highest BCUT2D eigenvalue weighted by atomic mass is 16.5. The first kappa shape index (κ1) is 22.7. The van der Waals surface area contributed by atoms with Crippen molar-refractivity contribution in [2.45, 2.75) is 25.8 Å². The van der Waals surface area contributed by atoms with Crippen molar-refractivity contribution in [3.05, 3.63) is 89.7 Å². The second-order valence-corrected chi connectivity index (χ2v) is 8.61. The van der Waals surface area contributed by atoms with Gasteiger partial charge in [0.05, 0.1) is 18.1 Å². The second-order valence-electron chi connectivity index (χ2n) is 8.61. The number of imidazole rings is 1. The first-order valence-corrected chi connectivity index (χ1v) is 11.9. The van der Waals surface area contributed by atoms with Crippen molar-refractivity contribution in [3.8, 4) is 5.75 Å². The number of benzene rings is 3. The maximum Gasteiger partial charge on any atom is 0.251 e. The van der Waals surface area contributed by atoms with Crippen molar-refractivity contribution < 1.29 is 14.3 Å². The molecule has 1 aliphatic heterocycles.